The van der Waals surface area contributed by atoms with Crippen LogP contribution in [-0.4, -0.2) is 41.0 Å². The summed E-state index contributed by atoms with van der Waals surface area (Å²) in [5.74, 6) is -0.935. The highest BCUT2D eigenvalue weighted by Crippen LogP contribution is 2.35. The number of esters is 2. The summed E-state index contributed by atoms with van der Waals surface area (Å²) in [6, 6.07) is 0. The Hall–Kier alpha value is -1.99. The Kier molecular flexibility index (Phi) is 31.5. The van der Waals surface area contributed by atoms with Gasteiger partial charge in [-0.1, -0.05) is 140 Å². The zero-order valence-electron chi connectivity index (χ0n) is 29.0. The quantitative estimate of drug-likeness (QED) is 0.0315. The number of carbonyl (C=O) groups excluding carboxylic acids is 2. The van der Waals surface area contributed by atoms with Crippen molar-refractivity contribution in [3.8, 4) is 0 Å². The first kappa shape index (κ1) is 44.0. The predicted octanol–water partition coefficient (Wildman–Crippen LogP) is 10.4. The number of unbranched alkanes of at least 4 members (excludes halogenated alkanes) is 14. The smallest absolute Gasteiger partial charge is 0.462 e. The average Bonchev–Trinajstić information content (AvgIpc) is 3.02. The molecule has 46 heavy (non-hydrogen) atoms. The summed E-state index contributed by atoms with van der Waals surface area (Å²) in [4.78, 5) is 42.6. The van der Waals surface area contributed by atoms with E-state index in [1.165, 1.54) is 64.2 Å². The number of allylic oxidation sites excluding steroid dienone is 8. The molecule has 9 heteroatoms. The Morgan fingerprint density at radius 2 is 1.04 bits per heavy atom. The zero-order valence-corrected chi connectivity index (χ0v) is 29.9. The van der Waals surface area contributed by atoms with Crippen molar-refractivity contribution in [2.24, 2.45) is 0 Å². The minimum Gasteiger partial charge on any atom is -0.462 e. The highest BCUT2D eigenvalue weighted by atomic mass is 31.2. The molecule has 0 aliphatic rings. The molecule has 0 amide bonds. The van der Waals surface area contributed by atoms with Crippen molar-refractivity contribution in [2.75, 3.05) is 13.2 Å². The molecule has 266 valence electrons. The molecule has 0 saturated carbocycles. The molecule has 2 N–H and O–H groups in total. The Balaban J connectivity index is 4.07. The van der Waals surface area contributed by atoms with E-state index in [4.69, 9.17) is 19.3 Å². The van der Waals surface area contributed by atoms with Crippen LogP contribution in [0.3, 0.4) is 0 Å². The van der Waals surface area contributed by atoms with Crippen molar-refractivity contribution in [1.29, 1.82) is 0 Å². The lowest BCUT2D eigenvalue weighted by Gasteiger charge is -2.18. The molecule has 0 aliphatic heterocycles. The van der Waals surface area contributed by atoms with E-state index in [2.05, 4.69) is 67.0 Å². The van der Waals surface area contributed by atoms with Crippen LogP contribution in [0.1, 0.15) is 155 Å². The number of hydrogen-bond donors (Lipinski definition) is 2. The molecular formula is C37H65O8P. The molecule has 0 spiro atoms. The van der Waals surface area contributed by atoms with Crippen molar-refractivity contribution < 1.29 is 37.9 Å². The minimum absolute atomic E-state index is 0.160. The molecule has 1 atom stereocenters. The number of ether oxygens (including phenoxy) is 2. The summed E-state index contributed by atoms with van der Waals surface area (Å²) in [7, 11) is -4.76. The highest BCUT2D eigenvalue weighted by Gasteiger charge is 2.22. The van der Waals surface area contributed by atoms with E-state index < -0.39 is 32.5 Å². The van der Waals surface area contributed by atoms with Crippen LogP contribution in [0.25, 0.3) is 0 Å². The van der Waals surface area contributed by atoms with Gasteiger partial charge in [0.05, 0.1) is 6.61 Å². The lowest BCUT2D eigenvalue weighted by molar-refractivity contribution is -0.161. The highest BCUT2D eigenvalue weighted by molar-refractivity contribution is 7.46. The average molecular weight is 669 g/mol. The first-order chi connectivity index (χ1) is 22.3. The van der Waals surface area contributed by atoms with E-state index in [0.717, 1.165) is 57.8 Å². The van der Waals surface area contributed by atoms with E-state index in [0.29, 0.717) is 6.42 Å². The summed E-state index contributed by atoms with van der Waals surface area (Å²) >= 11 is 0. The van der Waals surface area contributed by atoms with Gasteiger partial charge in [0.1, 0.15) is 6.61 Å². The maximum absolute atomic E-state index is 12.3. The van der Waals surface area contributed by atoms with Crippen LogP contribution >= 0.6 is 7.82 Å². The van der Waals surface area contributed by atoms with Crippen molar-refractivity contribution in [3.05, 3.63) is 48.6 Å². The molecule has 0 heterocycles. The lowest BCUT2D eigenvalue weighted by atomic mass is 10.0. The number of phosphoric ester groups is 1. The second kappa shape index (κ2) is 32.9. The number of phosphoric acid groups is 1. The van der Waals surface area contributed by atoms with Gasteiger partial charge < -0.3 is 19.3 Å². The zero-order chi connectivity index (χ0) is 34.0. The molecule has 8 nitrogen and oxygen atoms in total. The summed E-state index contributed by atoms with van der Waals surface area (Å²) in [6.07, 6.45) is 38.3. The molecule has 1 unspecified atom stereocenters. The third-order valence-corrected chi connectivity index (χ3v) is 7.85. The van der Waals surface area contributed by atoms with Gasteiger partial charge in [0.2, 0.25) is 0 Å². The Morgan fingerprint density at radius 3 is 1.57 bits per heavy atom. The number of hydrogen-bond acceptors (Lipinski definition) is 6. The van der Waals surface area contributed by atoms with Crippen LogP contribution in [0, 0.1) is 0 Å². The van der Waals surface area contributed by atoms with E-state index in [9.17, 15) is 14.2 Å². The van der Waals surface area contributed by atoms with E-state index >= 15 is 0 Å². The molecule has 0 aromatic rings. The maximum atomic E-state index is 12.3. The molecule has 0 aromatic heterocycles. The Labute approximate surface area is 280 Å². The van der Waals surface area contributed by atoms with Gasteiger partial charge in [-0.25, -0.2) is 4.57 Å². The molecule has 0 fully saturated rings. The van der Waals surface area contributed by atoms with Crippen LogP contribution in [0.15, 0.2) is 48.6 Å². The van der Waals surface area contributed by atoms with Crippen molar-refractivity contribution in [3.63, 3.8) is 0 Å². The first-order valence-electron chi connectivity index (χ1n) is 17.9. The minimum atomic E-state index is -4.76. The Bertz CT molecular complexity index is 890. The number of carbonyl (C=O) groups is 2. The largest absolute Gasteiger partial charge is 0.469 e. The third kappa shape index (κ3) is 34.9. The van der Waals surface area contributed by atoms with Gasteiger partial charge in [0.25, 0.3) is 0 Å². The Morgan fingerprint density at radius 1 is 0.587 bits per heavy atom. The van der Waals surface area contributed by atoms with Gasteiger partial charge in [-0.15, -0.1) is 0 Å². The van der Waals surface area contributed by atoms with Crippen LogP contribution in [0.4, 0.5) is 0 Å². The van der Waals surface area contributed by atoms with E-state index in [-0.39, 0.29) is 19.4 Å². The molecule has 0 aromatic carbocycles. The molecule has 0 bridgehead atoms. The topological polar surface area (TPSA) is 119 Å². The predicted molar refractivity (Wildman–Crippen MR) is 188 cm³/mol. The van der Waals surface area contributed by atoms with Gasteiger partial charge in [0.15, 0.2) is 6.10 Å². The first-order valence-corrected chi connectivity index (χ1v) is 19.5. The number of rotatable bonds is 32. The van der Waals surface area contributed by atoms with E-state index in [1.807, 2.05) is 0 Å². The normalized spacial score (nSPS) is 13.0. The SMILES string of the molecule is CC/C=C\C/C=C\C/C=C\C/C=C\CCCCC(=O)OC(COC(=O)CCCCCCCCCCCCCCC)COP(=O)(O)O. The van der Waals surface area contributed by atoms with Gasteiger partial charge in [-0.2, -0.15) is 0 Å². The van der Waals surface area contributed by atoms with Crippen molar-refractivity contribution >= 4 is 19.8 Å². The van der Waals surface area contributed by atoms with Crippen LogP contribution in [0.2, 0.25) is 0 Å². The molecule has 0 rings (SSSR count). The second-order valence-corrected chi connectivity index (χ2v) is 13.1. The summed E-state index contributed by atoms with van der Waals surface area (Å²) < 4.78 is 26.2. The van der Waals surface area contributed by atoms with Crippen LogP contribution in [-0.2, 0) is 28.2 Å². The molecular weight excluding hydrogens is 603 g/mol. The van der Waals surface area contributed by atoms with Crippen LogP contribution < -0.4 is 0 Å². The van der Waals surface area contributed by atoms with Crippen molar-refractivity contribution in [2.45, 2.75) is 161 Å². The third-order valence-electron chi connectivity index (χ3n) is 7.36. The van der Waals surface area contributed by atoms with E-state index in [1.54, 1.807) is 0 Å². The summed E-state index contributed by atoms with van der Waals surface area (Å²) in [5, 5.41) is 0. The van der Waals surface area contributed by atoms with Gasteiger partial charge in [-0.3, -0.25) is 14.1 Å². The van der Waals surface area contributed by atoms with Gasteiger partial charge in [0, 0.05) is 12.8 Å². The lowest BCUT2D eigenvalue weighted by Crippen LogP contribution is -2.29. The molecule has 0 aliphatic carbocycles. The molecule has 0 saturated heterocycles. The fourth-order valence-electron chi connectivity index (χ4n) is 4.72. The fourth-order valence-corrected chi connectivity index (χ4v) is 5.08. The fraction of sp³-hybridized carbons (Fsp3) is 0.730. The van der Waals surface area contributed by atoms with Gasteiger partial charge in [-0.05, 0) is 51.4 Å². The van der Waals surface area contributed by atoms with Crippen LogP contribution in [0.5, 0.6) is 0 Å². The summed E-state index contributed by atoms with van der Waals surface area (Å²) in [5.41, 5.74) is 0. The standard InChI is InChI=1S/C37H65O8P/c1-3-5-7-9-11-13-15-17-18-20-22-24-26-28-30-32-37(39)45-35(34-44-46(40,41)42)33-43-36(38)31-29-27-25-23-21-19-16-14-12-10-8-6-4-2/h5,7,11,13,17-18,22,24,35H,3-4,6,8-10,12,14-16,19-21,23,25-34H2,1-2H3,(H2,40,41,42)/b7-5-,13-11-,18-17-,24-22-. The van der Waals surface area contributed by atoms with Crippen molar-refractivity contribution in [1.82, 2.24) is 0 Å². The summed E-state index contributed by atoms with van der Waals surface area (Å²) in [6.45, 7) is 3.51. The van der Waals surface area contributed by atoms with Gasteiger partial charge >= 0.3 is 19.8 Å². The molecule has 0 radical (unpaired) electrons. The monoisotopic (exact) mass is 668 g/mol. The second-order valence-electron chi connectivity index (χ2n) is 11.8. The maximum Gasteiger partial charge on any atom is 0.469 e.